The molecule has 0 spiro atoms. The number of aromatic nitrogens is 1. The van der Waals surface area contributed by atoms with Crippen molar-refractivity contribution in [2.75, 3.05) is 39.9 Å². The average molecular weight is 384 g/mol. The monoisotopic (exact) mass is 383 g/mol. The topological polar surface area (TPSA) is 64.7 Å². The number of aliphatic imine (C=N–C) groups is 1. The zero-order valence-corrected chi connectivity index (χ0v) is 17.0. The SMILES string of the molecule is CN=C(NCc1cc2ccccc2[nH]1)NCC1(N2CCOCC2)CCCCC1. The number of nitrogens with zero attached hydrogens (tertiary/aromatic N) is 2. The van der Waals surface area contributed by atoms with E-state index in [2.05, 4.69) is 55.8 Å². The first-order valence-corrected chi connectivity index (χ1v) is 10.6. The van der Waals surface area contributed by atoms with Crippen LogP contribution in [0.15, 0.2) is 35.3 Å². The minimum atomic E-state index is 0.237. The lowest BCUT2D eigenvalue weighted by molar-refractivity contribution is -0.0352. The standard InChI is InChI=1S/C22H33N5O/c1-23-21(24-16-19-15-18-7-3-4-8-20(18)26-19)25-17-22(9-5-2-6-10-22)27-11-13-28-14-12-27/h3-4,7-8,15,26H,2,5-6,9-14,16-17H2,1H3,(H2,23,24,25). The minimum Gasteiger partial charge on any atom is -0.379 e. The number of H-pyrrole nitrogens is 1. The highest BCUT2D eigenvalue weighted by molar-refractivity contribution is 5.81. The van der Waals surface area contributed by atoms with Gasteiger partial charge in [-0.3, -0.25) is 9.89 Å². The molecule has 1 aromatic carbocycles. The van der Waals surface area contributed by atoms with Gasteiger partial charge in [0.2, 0.25) is 0 Å². The maximum Gasteiger partial charge on any atom is 0.191 e. The Morgan fingerprint density at radius 3 is 2.68 bits per heavy atom. The fourth-order valence-electron chi connectivity index (χ4n) is 4.73. The number of guanidine groups is 1. The molecule has 0 amide bonds. The molecule has 152 valence electrons. The predicted octanol–water partition coefficient (Wildman–Crippen LogP) is 2.87. The van der Waals surface area contributed by atoms with E-state index in [1.807, 2.05) is 7.05 Å². The van der Waals surface area contributed by atoms with E-state index < -0.39 is 0 Å². The molecule has 0 atom stereocenters. The fourth-order valence-corrected chi connectivity index (χ4v) is 4.73. The first kappa shape index (κ1) is 19.3. The van der Waals surface area contributed by atoms with Crippen LogP contribution < -0.4 is 10.6 Å². The Kier molecular flexibility index (Phi) is 6.17. The molecule has 2 aliphatic rings. The van der Waals surface area contributed by atoms with Crippen molar-refractivity contribution in [3.05, 3.63) is 36.0 Å². The van der Waals surface area contributed by atoms with Crippen LogP contribution >= 0.6 is 0 Å². The maximum absolute atomic E-state index is 5.59. The molecule has 2 heterocycles. The minimum absolute atomic E-state index is 0.237. The van der Waals surface area contributed by atoms with Crippen molar-refractivity contribution in [1.82, 2.24) is 20.5 Å². The number of benzene rings is 1. The number of fused-ring (bicyclic) bond motifs is 1. The molecule has 1 saturated carbocycles. The van der Waals surface area contributed by atoms with Crippen LogP contribution in [-0.4, -0.2) is 61.3 Å². The molecule has 6 nitrogen and oxygen atoms in total. The van der Waals surface area contributed by atoms with Gasteiger partial charge in [0, 0.05) is 43.4 Å². The number of rotatable bonds is 5. The van der Waals surface area contributed by atoms with Crippen molar-refractivity contribution in [2.24, 2.45) is 4.99 Å². The Labute approximate surface area is 167 Å². The Morgan fingerprint density at radius 1 is 1.14 bits per heavy atom. The predicted molar refractivity (Wildman–Crippen MR) is 115 cm³/mol. The van der Waals surface area contributed by atoms with Crippen LogP contribution in [0.1, 0.15) is 37.8 Å². The third-order valence-electron chi connectivity index (χ3n) is 6.31. The Bertz CT molecular complexity index is 754. The van der Waals surface area contributed by atoms with Gasteiger partial charge in [-0.15, -0.1) is 0 Å². The Morgan fingerprint density at radius 2 is 1.93 bits per heavy atom. The number of ether oxygens (including phenoxy) is 1. The molecule has 2 aromatic rings. The van der Waals surface area contributed by atoms with Gasteiger partial charge in [0.15, 0.2) is 5.96 Å². The third-order valence-corrected chi connectivity index (χ3v) is 6.31. The second-order valence-electron chi connectivity index (χ2n) is 8.05. The molecule has 1 aliphatic heterocycles. The highest BCUT2D eigenvalue weighted by atomic mass is 16.5. The zero-order valence-electron chi connectivity index (χ0n) is 17.0. The van der Waals surface area contributed by atoms with Crippen molar-refractivity contribution in [2.45, 2.75) is 44.2 Å². The first-order valence-electron chi connectivity index (χ1n) is 10.6. The summed E-state index contributed by atoms with van der Waals surface area (Å²) in [6, 6.07) is 10.6. The molecule has 0 bridgehead atoms. The summed E-state index contributed by atoms with van der Waals surface area (Å²) < 4.78 is 5.59. The van der Waals surface area contributed by atoms with Crippen molar-refractivity contribution in [3.8, 4) is 0 Å². The van der Waals surface area contributed by atoms with E-state index in [1.165, 1.54) is 48.7 Å². The van der Waals surface area contributed by atoms with Crippen molar-refractivity contribution >= 4 is 16.9 Å². The van der Waals surface area contributed by atoms with E-state index in [9.17, 15) is 0 Å². The summed E-state index contributed by atoms with van der Waals surface area (Å²) in [4.78, 5) is 10.6. The van der Waals surface area contributed by atoms with Gasteiger partial charge in [0.1, 0.15) is 0 Å². The van der Waals surface area contributed by atoms with Crippen LogP contribution in [0.2, 0.25) is 0 Å². The smallest absolute Gasteiger partial charge is 0.191 e. The quantitative estimate of drug-likeness (QED) is 0.549. The molecular formula is C22H33N5O. The molecular weight excluding hydrogens is 350 g/mol. The first-order chi connectivity index (χ1) is 13.8. The number of morpholine rings is 1. The van der Waals surface area contributed by atoms with E-state index >= 15 is 0 Å². The Hall–Kier alpha value is -2.05. The molecule has 1 aromatic heterocycles. The van der Waals surface area contributed by atoms with Gasteiger partial charge in [0.25, 0.3) is 0 Å². The van der Waals surface area contributed by atoms with Crippen molar-refractivity contribution in [3.63, 3.8) is 0 Å². The molecule has 0 radical (unpaired) electrons. The lowest BCUT2D eigenvalue weighted by atomic mass is 9.80. The van der Waals surface area contributed by atoms with Crippen LogP contribution in [-0.2, 0) is 11.3 Å². The van der Waals surface area contributed by atoms with Crippen LogP contribution in [0.4, 0.5) is 0 Å². The lowest BCUT2D eigenvalue weighted by Crippen LogP contribution is -2.60. The molecule has 0 unspecified atom stereocenters. The Balaban J connectivity index is 1.36. The van der Waals surface area contributed by atoms with Crippen molar-refractivity contribution < 1.29 is 4.74 Å². The summed E-state index contributed by atoms with van der Waals surface area (Å²) in [5, 5.41) is 8.34. The molecule has 3 N–H and O–H groups in total. The third kappa shape index (κ3) is 4.33. The van der Waals surface area contributed by atoms with Crippen LogP contribution in [0.5, 0.6) is 0 Å². The van der Waals surface area contributed by atoms with Crippen molar-refractivity contribution in [1.29, 1.82) is 0 Å². The second kappa shape index (κ2) is 8.97. The normalized spacial score (nSPS) is 21.0. The van der Waals surface area contributed by atoms with Gasteiger partial charge in [-0.25, -0.2) is 0 Å². The molecule has 6 heteroatoms. The van der Waals surface area contributed by atoms with Crippen LogP contribution in [0.25, 0.3) is 10.9 Å². The van der Waals surface area contributed by atoms with E-state index in [-0.39, 0.29) is 5.54 Å². The summed E-state index contributed by atoms with van der Waals surface area (Å²) in [6.07, 6.45) is 6.53. The van der Waals surface area contributed by atoms with E-state index in [0.717, 1.165) is 45.4 Å². The number of aromatic amines is 1. The lowest BCUT2D eigenvalue weighted by Gasteiger charge is -2.48. The van der Waals surface area contributed by atoms with Crippen LogP contribution in [0, 0.1) is 0 Å². The molecule has 28 heavy (non-hydrogen) atoms. The number of hydrogen-bond donors (Lipinski definition) is 3. The maximum atomic E-state index is 5.59. The summed E-state index contributed by atoms with van der Waals surface area (Å²) in [7, 11) is 1.85. The summed E-state index contributed by atoms with van der Waals surface area (Å²) in [6.45, 7) is 5.48. The van der Waals surface area contributed by atoms with Crippen LogP contribution in [0.3, 0.4) is 0 Å². The van der Waals surface area contributed by atoms with E-state index in [0.29, 0.717) is 0 Å². The number of para-hydroxylation sites is 1. The van der Waals surface area contributed by atoms with Gasteiger partial charge in [-0.2, -0.15) is 0 Å². The highest BCUT2D eigenvalue weighted by Crippen LogP contribution is 2.33. The van der Waals surface area contributed by atoms with E-state index in [1.54, 1.807) is 0 Å². The summed E-state index contributed by atoms with van der Waals surface area (Å²) in [5.74, 6) is 0.872. The molecule has 1 saturated heterocycles. The molecule has 1 aliphatic carbocycles. The van der Waals surface area contributed by atoms with E-state index in [4.69, 9.17) is 4.74 Å². The average Bonchev–Trinajstić information content (AvgIpc) is 3.18. The number of hydrogen-bond acceptors (Lipinski definition) is 3. The zero-order chi connectivity index (χ0) is 19.2. The number of nitrogens with one attached hydrogen (secondary N) is 3. The fraction of sp³-hybridized carbons (Fsp3) is 0.591. The summed E-state index contributed by atoms with van der Waals surface area (Å²) >= 11 is 0. The van der Waals surface area contributed by atoms with Gasteiger partial charge in [-0.1, -0.05) is 37.5 Å². The molecule has 2 fully saturated rings. The highest BCUT2D eigenvalue weighted by Gasteiger charge is 2.38. The van der Waals surface area contributed by atoms with Gasteiger partial charge < -0.3 is 20.4 Å². The van der Waals surface area contributed by atoms with Gasteiger partial charge in [0.05, 0.1) is 19.8 Å². The summed E-state index contributed by atoms with van der Waals surface area (Å²) in [5.41, 5.74) is 2.58. The van der Waals surface area contributed by atoms with Gasteiger partial charge >= 0.3 is 0 Å². The largest absolute Gasteiger partial charge is 0.379 e. The van der Waals surface area contributed by atoms with Gasteiger partial charge in [-0.05, 0) is 30.4 Å². The second-order valence-corrected chi connectivity index (χ2v) is 8.05. The molecule has 4 rings (SSSR count).